The summed E-state index contributed by atoms with van der Waals surface area (Å²) in [5.41, 5.74) is 2.69. The molecule has 0 saturated carbocycles. The summed E-state index contributed by atoms with van der Waals surface area (Å²) in [5, 5.41) is 10.8. The molecule has 0 bridgehead atoms. The van der Waals surface area contributed by atoms with Gasteiger partial charge < -0.3 is 14.0 Å². The molecule has 0 fully saturated rings. The van der Waals surface area contributed by atoms with E-state index in [1.54, 1.807) is 0 Å². The Morgan fingerprint density at radius 2 is 0.912 bits per heavy atom. The van der Waals surface area contributed by atoms with Gasteiger partial charge in [-0.15, -0.1) is 65.7 Å². The van der Waals surface area contributed by atoms with Crippen LogP contribution in [0.4, 0.5) is 0 Å². The number of benzene rings is 4. The Hall–Kier alpha value is -2.28. The van der Waals surface area contributed by atoms with Gasteiger partial charge in [0.25, 0.3) is 0 Å². The van der Waals surface area contributed by atoms with Gasteiger partial charge in [0.1, 0.15) is 0 Å². The van der Waals surface area contributed by atoms with Gasteiger partial charge >= 0.3 is 26.2 Å². The quantitative estimate of drug-likeness (QED) is 0.134. The maximum Gasteiger partial charge on any atom is 4.00 e. The molecular formula is C32H34SiZr. The standard InChI is InChI=1S/2C14H11.C3H9Si.CH3.Zr/c2*1-10-8-12-7-6-11-4-2-3-5-13(11)14(12)9-10;1-4(2)3;;/h2*2-9H,1H3;4H,1H2,2-3H3;1H3;/q4*-1;+4. The van der Waals surface area contributed by atoms with Gasteiger partial charge in [-0.05, 0) is 0 Å². The van der Waals surface area contributed by atoms with Crippen LogP contribution in [0, 0.1) is 27.8 Å². The van der Waals surface area contributed by atoms with Gasteiger partial charge in [0.15, 0.2) is 0 Å². The van der Waals surface area contributed by atoms with E-state index in [1.165, 1.54) is 54.2 Å². The molecular weight excluding hydrogens is 504 g/mol. The molecule has 6 rings (SSSR count). The fourth-order valence-corrected chi connectivity index (χ4v) is 4.23. The van der Waals surface area contributed by atoms with Gasteiger partial charge in [0.05, 0.1) is 0 Å². The second kappa shape index (κ2) is 12.4. The van der Waals surface area contributed by atoms with Gasteiger partial charge in [0, 0.05) is 0 Å². The van der Waals surface area contributed by atoms with E-state index in [4.69, 9.17) is 0 Å². The SMILES string of the molecule is Cc1cc2ccc3ccccc3c2[cH-]1.Cc1cc2ccc3ccccc3c2[cH-]1.[CH2-][SiH](C)C.[CH3-].[Zr+4]. The van der Waals surface area contributed by atoms with Crippen LogP contribution < -0.4 is 0 Å². The maximum absolute atomic E-state index is 3.78. The van der Waals surface area contributed by atoms with E-state index in [0.717, 1.165) is 0 Å². The number of hydrogen-bond acceptors (Lipinski definition) is 0. The van der Waals surface area contributed by atoms with Crippen molar-refractivity contribution in [1.29, 1.82) is 0 Å². The molecule has 0 atom stereocenters. The summed E-state index contributed by atoms with van der Waals surface area (Å²) in [6.45, 7) is 12.5. The molecule has 0 aliphatic heterocycles. The van der Waals surface area contributed by atoms with E-state index in [-0.39, 0.29) is 42.4 Å². The number of aryl methyl sites for hydroxylation is 2. The molecule has 6 aromatic carbocycles. The third kappa shape index (κ3) is 6.44. The molecule has 0 spiro atoms. The minimum Gasteiger partial charge on any atom is -0.358 e. The van der Waals surface area contributed by atoms with Crippen molar-refractivity contribution >= 4 is 51.9 Å². The second-order valence-electron chi connectivity index (χ2n) is 9.04. The van der Waals surface area contributed by atoms with Crippen LogP contribution in [0.25, 0.3) is 43.1 Å². The third-order valence-electron chi connectivity index (χ3n) is 5.52. The van der Waals surface area contributed by atoms with Crippen LogP contribution in [0.1, 0.15) is 11.1 Å². The Balaban J connectivity index is 0.000000198. The minimum atomic E-state index is -0.389. The maximum atomic E-state index is 3.78. The average Bonchev–Trinajstić information content (AvgIpc) is 3.35. The Kier molecular flexibility index (Phi) is 10.2. The van der Waals surface area contributed by atoms with E-state index in [1.807, 2.05) is 0 Å². The molecule has 2 heteroatoms. The third-order valence-corrected chi connectivity index (χ3v) is 5.52. The van der Waals surface area contributed by atoms with Crippen molar-refractivity contribution < 1.29 is 26.2 Å². The van der Waals surface area contributed by atoms with Crippen molar-refractivity contribution in [2.75, 3.05) is 0 Å². The van der Waals surface area contributed by atoms with Crippen LogP contribution in [0.3, 0.4) is 0 Å². The summed E-state index contributed by atoms with van der Waals surface area (Å²) in [6, 6.07) is 34.9. The molecule has 34 heavy (non-hydrogen) atoms. The fraction of sp³-hybridized carbons (Fsp3) is 0.125. The zero-order valence-electron chi connectivity index (χ0n) is 21.0. The summed E-state index contributed by atoms with van der Waals surface area (Å²) in [4.78, 5) is 0. The van der Waals surface area contributed by atoms with Crippen molar-refractivity contribution in [3.05, 3.63) is 122 Å². The van der Waals surface area contributed by atoms with E-state index >= 15 is 0 Å². The Labute approximate surface area is 226 Å². The van der Waals surface area contributed by atoms with Crippen molar-refractivity contribution in [1.82, 2.24) is 0 Å². The zero-order chi connectivity index (χ0) is 22.7. The molecule has 0 radical (unpaired) electrons. The molecule has 170 valence electrons. The largest absolute Gasteiger partial charge is 4.00 e. The van der Waals surface area contributed by atoms with E-state index in [0.29, 0.717) is 0 Å². The van der Waals surface area contributed by atoms with E-state index in [2.05, 4.69) is 131 Å². The molecule has 0 aromatic heterocycles. The second-order valence-corrected chi connectivity index (χ2v) is 11.8. The predicted molar refractivity (Wildman–Crippen MR) is 154 cm³/mol. The first-order chi connectivity index (χ1) is 15.4. The Morgan fingerprint density at radius 1 is 0.588 bits per heavy atom. The van der Waals surface area contributed by atoms with Crippen LogP contribution in [-0.2, 0) is 26.2 Å². The summed E-state index contributed by atoms with van der Waals surface area (Å²) < 4.78 is 0. The first kappa shape index (κ1) is 28.0. The average molecular weight is 538 g/mol. The van der Waals surface area contributed by atoms with Crippen molar-refractivity contribution in [3.63, 3.8) is 0 Å². The molecule has 0 nitrogen and oxygen atoms in total. The van der Waals surface area contributed by atoms with Gasteiger partial charge in [-0.1, -0.05) is 109 Å². The fourth-order valence-electron chi connectivity index (χ4n) is 4.23. The van der Waals surface area contributed by atoms with Crippen LogP contribution in [-0.4, -0.2) is 8.80 Å². The first-order valence-electron chi connectivity index (χ1n) is 11.3. The van der Waals surface area contributed by atoms with Crippen LogP contribution in [0.2, 0.25) is 13.1 Å². The van der Waals surface area contributed by atoms with Gasteiger partial charge in [-0.3, -0.25) is 0 Å². The van der Waals surface area contributed by atoms with Crippen molar-refractivity contribution in [2.45, 2.75) is 26.9 Å². The number of rotatable bonds is 0. The van der Waals surface area contributed by atoms with Crippen LogP contribution in [0.15, 0.2) is 97.1 Å². The topological polar surface area (TPSA) is 0 Å². The van der Waals surface area contributed by atoms with Crippen LogP contribution >= 0.6 is 0 Å². The molecule has 0 unspecified atom stereocenters. The smallest absolute Gasteiger partial charge is 0.358 e. The number of hydrogen-bond donors (Lipinski definition) is 0. The molecule has 0 amide bonds. The van der Waals surface area contributed by atoms with Crippen molar-refractivity contribution in [2.24, 2.45) is 0 Å². The van der Waals surface area contributed by atoms with E-state index < -0.39 is 0 Å². The zero-order valence-corrected chi connectivity index (χ0v) is 24.6. The van der Waals surface area contributed by atoms with Gasteiger partial charge in [-0.2, -0.15) is 12.1 Å². The summed E-state index contributed by atoms with van der Waals surface area (Å²) in [5.74, 6) is 0. The number of fused-ring (bicyclic) bond motifs is 6. The summed E-state index contributed by atoms with van der Waals surface area (Å²) in [6.07, 6.45) is 0. The Bertz CT molecular complexity index is 1370. The van der Waals surface area contributed by atoms with Gasteiger partial charge in [0.2, 0.25) is 0 Å². The molecule has 0 aliphatic rings. The summed E-state index contributed by atoms with van der Waals surface area (Å²) >= 11 is 0. The van der Waals surface area contributed by atoms with Gasteiger partial charge in [-0.25, -0.2) is 0 Å². The predicted octanol–water partition coefficient (Wildman–Crippen LogP) is 9.33. The molecule has 0 aliphatic carbocycles. The molecule has 6 aromatic rings. The monoisotopic (exact) mass is 536 g/mol. The molecule has 0 heterocycles. The molecule has 0 saturated heterocycles. The summed E-state index contributed by atoms with van der Waals surface area (Å²) in [7, 11) is -0.389. The van der Waals surface area contributed by atoms with Crippen LogP contribution in [0.5, 0.6) is 0 Å². The Morgan fingerprint density at radius 3 is 1.29 bits per heavy atom. The molecule has 0 N–H and O–H groups in total. The first-order valence-corrected chi connectivity index (χ1v) is 14.5. The van der Waals surface area contributed by atoms with E-state index in [9.17, 15) is 0 Å². The minimum absolute atomic E-state index is 0. The normalized spacial score (nSPS) is 10.3. The van der Waals surface area contributed by atoms with Crippen molar-refractivity contribution in [3.8, 4) is 0 Å².